The van der Waals surface area contributed by atoms with Crippen molar-refractivity contribution in [1.29, 1.82) is 0 Å². The Morgan fingerprint density at radius 3 is 2.45 bits per heavy atom. The second-order valence-electron chi connectivity index (χ2n) is 7.36. The molecule has 2 heterocycles. The number of para-hydroxylation sites is 1. The number of anilines is 1. The number of carbonyl (C=O) groups excluding carboxylic acids is 2. The predicted octanol–water partition coefficient (Wildman–Crippen LogP) is 3.34. The van der Waals surface area contributed by atoms with E-state index < -0.39 is 5.97 Å². The quantitative estimate of drug-likeness (QED) is 0.594. The van der Waals surface area contributed by atoms with E-state index in [1.165, 1.54) is 6.07 Å². The van der Waals surface area contributed by atoms with Gasteiger partial charge < -0.3 is 14.6 Å². The number of piperazine rings is 1. The maximum Gasteiger partial charge on any atom is 0.340 e. The van der Waals surface area contributed by atoms with E-state index in [1.807, 2.05) is 17.9 Å². The molecule has 7 heteroatoms. The van der Waals surface area contributed by atoms with Crippen LogP contribution in [0.3, 0.4) is 0 Å². The van der Waals surface area contributed by atoms with Crippen LogP contribution in [0.25, 0.3) is 0 Å². The molecule has 3 rings (SSSR count). The highest BCUT2D eigenvalue weighted by atomic mass is 19.1. The number of esters is 1. The van der Waals surface area contributed by atoms with Crippen LogP contribution in [0.4, 0.5) is 10.1 Å². The highest BCUT2D eigenvalue weighted by molar-refractivity contribution is 6.03. The molecular weight excluding hydrogens is 373 g/mol. The lowest BCUT2D eigenvalue weighted by molar-refractivity contribution is 0.0525. The molecule has 1 saturated heterocycles. The van der Waals surface area contributed by atoms with Gasteiger partial charge in [-0.2, -0.15) is 0 Å². The van der Waals surface area contributed by atoms with Gasteiger partial charge in [0.25, 0.3) is 0 Å². The molecule has 0 saturated carbocycles. The third-order valence-electron chi connectivity index (χ3n) is 5.60. The highest BCUT2D eigenvalue weighted by Crippen LogP contribution is 2.24. The number of aromatic nitrogens is 1. The lowest BCUT2D eigenvalue weighted by Crippen LogP contribution is -2.52. The smallest absolute Gasteiger partial charge is 0.340 e. The molecule has 0 amide bonds. The maximum atomic E-state index is 14.0. The zero-order chi connectivity index (χ0) is 21.1. The van der Waals surface area contributed by atoms with Crippen LogP contribution in [-0.4, -0.2) is 60.5 Å². The summed E-state index contributed by atoms with van der Waals surface area (Å²) in [6.45, 7) is 10.1. The summed E-state index contributed by atoms with van der Waals surface area (Å²) < 4.78 is 19.1. The van der Waals surface area contributed by atoms with Crippen LogP contribution in [0.1, 0.15) is 46.0 Å². The molecular formula is C22H28FN3O3. The summed E-state index contributed by atoms with van der Waals surface area (Å²) >= 11 is 0. The van der Waals surface area contributed by atoms with Crippen LogP contribution in [0.2, 0.25) is 0 Å². The number of ether oxygens (including phenoxy) is 1. The summed E-state index contributed by atoms with van der Waals surface area (Å²) in [5.41, 5.74) is 2.76. The van der Waals surface area contributed by atoms with E-state index in [9.17, 15) is 14.0 Å². The second kappa shape index (κ2) is 8.78. The van der Waals surface area contributed by atoms with Crippen LogP contribution < -0.4 is 4.90 Å². The van der Waals surface area contributed by atoms with Gasteiger partial charge in [0, 0.05) is 31.9 Å². The van der Waals surface area contributed by atoms with E-state index in [1.54, 1.807) is 32.9 Å². The van der Waals surface area contributed by atoms with Crippen molar-refractivity contribution in [2.24, 2.45) is 0 Å². The molecule has 0 spiro atoms. The molecule has 29 heavy (non-hydrogen) atoms. The number of halogens is 1. The average Bonchev–Trinajstić information content (AvgIpc) is 3.01. The molecule has 0 aliphatic carbocycles. The molecule has 1 aromatic heterocycles. The summed E-state index contributed by atoms with van der Waals surface area (Å²) in [7, 11) is 0. The largest absolute Gasteiger partial charge is 0.462 e. The van der Waals surface area contributed by atoms with Gasteiger partial charge in [-0.1, -0.05) is 12.1 Å². The number of nitrogens with one attached hydrogen (secondary N) is 1. The number of carbonyl (C=O) groups is 2. The molecule has 1 N–H and O–H groups in total. The summed E-state index contributed by atoms with van der Waals surface area (Å²) in [5, 5.41) is 0. The van der Waals surface area contributed by atoms with Crippen molar-refractivity contribution in [3.05, 3.63) is 52.6 Å². The van der Waals surface area contributed by atoms with Crippen LogP contribution >= 0.6 is 0 Å². The normalized spacial score (nSPS) is 16.0. The Hall–Kier alpha value is -2.67. The van der Waals surface area contributed by atoms with Crippen LogP contribution in [0, 0.1) is 19.7 Å². The Morgan fingerprint density at radius 2 is 1.83 bits per heavy atom. The Balaban J connectivity index is 1.70. The fraction of sp³-hybridized carbons (Fsp3) is 0.455. The van der Waals surface area contributed by atoms with Gasteiger partial charge in [-0.15, -0.1) is 0 Å². The van der Waals surface area contributed by atoms with Crippen molar-refractivity contribution in [1.82, 2.24) is 9.88 Å². The SMILES string of the molecule is CCOC(=O)c1c(C)[nH]c(C(=O)[C@H](C)N2CCN(c3ccccc3F)CC2)c1C. The van der Waals surface area contributed by atoms with E-state index >= 15 is 0 Å². The van der Waals surface area contributed by atoms with E-state index in [4.69, 9.17) is 4.74 Å². The molecule has 156 valence electrons. The number of nitrogens with zero attached hydrogens (tertiary/aromatic N) is 2. The van der Waals surface area contributed by atoms with Gasteiger partial charge in [-0.3, -0.25) is 9.69 Å². The standard InChI is InChI=1S/C22H28FN3O3/c1-5-29-22(28)19-14(2)20(24-15(19)3)21(27)16(4)25-10-12-26(13-11-25)18-9-7-6-8-17(18)23/h6-9,16,24H,5,10-13H2,1-4H3/t16-/m0/s1. The lowest BCUT2D eigenvalue weighted by atomic mass is 10.0. The van der Waals surface area contributed by atoms with E-state index in [-0.39, 0.29) is 24.2 Å². The second-order valence-corrected chi connectivity index (χ2v) is 7.36. The number of aromatic amines is 1. The highest BCUT2D eigenvalue weighted by Gasteiger charge is 2.30. The molecule has 6 nitrogen and oxygen atoms in total. The summed E-state index contributed by atoms with van der Waals surface area (Å²) in [6, 6.07) is 6.41. The Morgan fingerprint density at radius 1 is 1.17 bits per heavy atom. The third kappa shape index (κ3) is 4.19. The molecule has 0 unspecified atom stereocenters. The van der Waals surface area contributed by atoms with Crippen molar-refractivity contribution in [3.63, 3.8) is 0 Å². The summed E-state index contributed by atoms with van der Waals surface area (Å²) in [6.07, 6.45) is 0. The van der Waals surface area contributed by atoms with Gasteiger partial charge >= 0.3 is 5.97 Å². The van der Waals surface area contributed by atoms with Crippen molar-refractivity contribution in [2.75, 3.05) is 37.7 Å². The maximum absolute atomic E-state index is 14.0. The number of hydrogen-bond acceptors (Lipinski definition) is 5. The molecule has 1 aliphatic heterocycles. The van der Waals surface area contributed by atoms with E-state index in [0.717, 1.165) is 0 Å². The van der Waals surface area contributed by atoms with Gasteiger partial charge in [-0.25, -0.2) is 9.18 Å². The molecule has 1 aromatic carbocycles. The van der Waals surface area contributed by atoms with Crippen molar-refractivity contribution >= 4 is 17.4 Å². The van der Waals surface area contributed by atoms with Gasteiger partial charge in [0.05, 0.1) is 29.6 Å². The fourth-order valence-corrected chi connectivity index (χ4v) is 3.94. The van der Waals surface area contributed by atoms with Gasteiger partial charge in [0.15, 0.2) is 5.78 Å². The van der Waals surface area contributed by atoms with Crippen LogP contribution in [0.15, 0.2) is 24.3 Å². The zero-order valence-corrected chi connectivity index (χ0v) is 17.4. The number of H-pyrrole nitrogens is 1. The first kappa shape index (κ1) is 21.0. The molecule has 0 bridgehead atoms. The van der Waals surface area contributed by atoms with Crippen molar-refractivity contribution in [2.45, 2.75) is 33.7 Å². The molecule has 2 aromatic rings. The Bertz CT molecular complexity index is 901. The van der Waals surface area contributed by atoms with E-state index in [0.29, 0.717) is 54.4 Å². The van der Waals surface area contributed by atoms with Crippen LogP contribution in [0.5, 0.6) is 0 Å². The minimum Gasteiger partial charge on any atom is -0.462 e. The minimum absolute atomic E-state index is 0.0551. The fourth-order valence-electron chi connectivity index (χ4n) is 3.94. The van der Waals surface area contributed by atoms with Gasteiger partial charge in [-0.05, 0) is 45.4 Å². The van der Waals surface area contributed by atoms with Crippen molar-refractivity contribution < 1.29 is 18.7 Å². The van der Waals surface area contributed by atoms with E-state index in [2.05, 4.69) is 9.88 Å². The zero-order valence-electron chi connectivity index (χ0n) is 17.4. The Labute approximate surface area is 170 Å². The molecule has 0 radical (unpaired) electrons. The number of Topliss-reactive ketones (excluding diaryl/α,β-unsaturated/α-hetero) is 1. The minimum atomic E-state index is -0.413. The molecule has 1 aliphatic rings. The number of hydrogen-bond donors (Lipinski definition) is 1. The number of benzene rings is 1. The number of rotatable bonds is 6. The first-order valence-electron chi connectivity index (χ1n) is 9.99. The van der Waals surface area contributed by atoms with Gasteiger partial charge in [0.1, 0.15) is 5.82 Å². The topological polar surface area (TPSA) is 65.6 Å². The summed E-state index contributed by atoms with van der Waals surface area (Å²) in [5.74, 6) is -0.696. The molecule has 1 fully saturated rings. The van der Waals surface area contributed by atoms with Crippen LogP contribution in [-0.2, 0) is 4.74 Å². The van der Waals surface area contributed by atoms with Crippen molar-refractivity contribution in [3.8, 4) is 0 Å². The predicted molar refractivity (Wildman–Crippen MR) is 110 cm³/mol. The average molecular weight is 401 g/mol. The first-order valence-corrected chi connectivity index (χ1v) is 9.99. The Kier molecular flexibility index (Phi) is 6.37. The number of aryl methyl sites for hydroxylation is 1. The molecule has 1 atom stereocenters. The van der Waals surface area contributed by atoms with Gasteiger partial charge in [0.2, 0.25) is 0 Å². The lowest BCUT2D eigenvalue weighted by Gasteiger charge is -2.38. The first-order chi connectivity index (χ1) is 13.8. The monoisotopic (exact) mass is 401 g/mol. The summed E-state index contributed by atoms with van der Waals surface area (Å²) in [4.78, 5) is 32.5. The third-order valence-corrected chi connectivity index (χ3v) is 5.60. The number of ketones is 1.